The fourth-order valence-corrected chi connectivity index (χ4v) is 6.12. The monoisotopic (exact) mass is 368 g/mol. The highest BCUT2D eigenvalue weighted by Gasteiger charge is 2.47. The summed E-state index contributed by atoms with van der Waals surface area (Å²) in [4.78, 5) is 14.4. The first-order valence-corrected chi connectivity index (χ1v) is 10.3. The van der Waals surface area contributed by atoms with Crippen molar-refractivity contribution in [3.05, 3.63) is 89.0 Å². The van der Waals surface area contributed by atoms with Crippen molar-refractivity contribution >= 4 is 11.7 Å². The average Bonchev–Trinajstić information content (AvgIpc) is 3.38. The van der Waals surface area contributed by atoms with Gasteiger partial charge in [0.05, 0.1) is 12.0 Å². The lowest BCUT2D eigenvalue weighted by Crippen LogP contribution is -2.46. The van der Waals surface area contributed by atoms with Gasteiger partial charge in [-0.3, -0.25) is 0 Å². The molecule has 28 heavy (non-hydrogen) atoms. The first-order chi connectivity index (χ1) is 13.7. The Balaban J connectivity index is 1.61. The number of fused-ring (bicyclic) bond motifs is 4. The summed E-state index contributed by atoms with van der Waals surface area (Å²) < 4.78 is 0. The van der Waals surface area contributed by atoms with E-state index in [2.05, 4.69) is 59.5 Å². The second-order valence-electron chi connectivity index (χ2n) is 8.60. The molecule has 0 aromatic heterocycles. The van der Waals surface area contributed by atoms with Crippen LogP contribution in [-0.4, -0.2) is 12.5 Å². The van der Waals surface area contributed by atoms with Gasteiger partial charge in [0.1, 0.15) is 0 Å². The number of anilines is 1. The van der Waals surface area contributed by atoms with Crippen molar-refractivity contribution in [1.29, 1.82) is 0 Å². The summed E-state index contributed by atoms with van der Waals surface area (Å²) in [6.07, 6.45) is 11.2. The summed E-state index contributed by atoms with van der Waals surface area (Å²) in [5, 5.41) is 11.8. The van der Waals surface area contributed by atoms with Crippen LogP contribution in [0.2, 0.25) is 0 Å². The third-order valence-electron chi connectivity index (χ3n) is 7.23. The average molecular weight is 368 g/mol. The minimum Gasteiger partial charge on any atom is -0.545 e. The lowest BCUT2D eigenvalue weighted by Gasteiger charge is -2.51. The van der Waals surface area contributed by atoms with Crippen molar-refractivity contribution in [2.75, 3.05) is 11.4 Å². The second kappa shape index (κ2) is 5.84. The number of carbonyl (C=O) groups excluding carboxylic acids is 1. The van der Waals surface area contributed by atoms with Gasteiger partial charge in [0, 0.05) is 24.1 Å². The molecule has 0 amide bonds. The van der Waals surface area contributed by atoms with Gasteiger partial charge in [-0.15, -0.1) is 0 Å². The molecule has 6 rings (SSSR count). The van der Waals surface area contributed by atoms with Crippen LogP contribution in [0.1, 0.15) is 57.8 Å². The number of carboxylic acid groups (broad SMARTS) is 1. The first-order valence-electron chi connectivity index (χ1n) is 10.3. The summed E-state index contributed by atoms with van der Waals surface area (Å²) in [6.45, 7) is 1.03. The Morgan fingerprint density at radius 3 is 2.46 bits per heavy atom. The zero-order valence-corrected chi connectivity index (χ0v) is 15.6. The Morgan fingerprint density at radius 2 is 1.68 bits per heavy atom. The van der Waals surface area contributed by atoms with Gasteiger partial charge >= 0.3 is 0 Å². The van der Waals surface area contributed by atoms with E-state index >= 15 is 0 Å². The van der Waals surface area contributed by atoms with Crippen LogP contribution in [0.3, 0.4) is 0 Å². The van der Waals surface area contributed by atoms with Gasteiger partial charge < -0.3 is 14.8 Å². The molecule has 2 aliphatic heterocycles. The van der Waals surface area contributed by atoms with Gasteiger partial charge in [-0.25, -0.2) is 0 Å². The van der Waals surface area contributed by atoms with E-state index in [1.807, 2.05) is 12.1 Å². The number of carboxylic acids is 1. The summed E-state index contributed by atoms with van der Waals surface area (Å²) in [5.74, 6) is 0.498. The SMILES string of the molecule is O=C([O-])c1cc2c3c(c1)[C@@H]1C=CC[C@@H]1[C@@H](c1ccccc1)N3C[C@H]1CC=C[C@@H]21. The number of hydrogen-bond donors (Lipinski definition) is 0. The van der Waals surface area contributed by atoms with Crippen molar-refractivity contribution in [2.45, 2.75) is 30.7 Å². The molecule has 0 radical (unpaired) electrons. The van der Waals surface area contributed by atoms with Crippen molar-refractivity contribution in [3.8, 4) is 0 Å². The predicted molar refractivity (Wildman–Crippen MR) is 107 cm³/mol. The van der Waals surface area contributed by atoms with E-state index in [4.69, 9.17) is 0 Å². The molecule has 2 heterocycles. The summed E-state index contributed by atoms with van der Waals surface area (Å²) >= 11 is 0. The van der Waals surface area contributed by atoms with Crippen LogP contribution in [0, 0.1) is 11.8 Å². The number of benzene rings is 2. The standard InChI is InChI=1S/C25H23NO2/c27-25(28)17-12-21-18-9-4-8-16(18)14-26-23(15-6-2-1-3-7-15)20-11-5-10-19(20)22(13-17)24(21)26/h1-7,9-10,12-13,16,18-20,23H,8,11,14H2,(H,27,28)/p-1/t16-,18-,19-,20+,23-/m1/s1. The number of aromatic carboxylic acids is 1. The summed E-state index contributed by atoms with van der Waals surface area (Å²) in [6, 6.07) is 14.9. The van der Waals surface area contributed by atoms with E-state index in [0.29, 0.717) is 29.4 Å². The number of nitrogens with zero attached hydrogens (tertiary/aromatic N) is 1. The number of carbonyl (C=O) groups is 1. The van der Waals surface area contributed by atoms with Crippen LogP contribution in [-0.2, 0) is 0 Å². The lowest BCUT2D eigenvalue weighted by atomic mass is 9.70. The highest BCUT2D eigenvalue weighted by atomic mass is 16.4. The fourth-order valence-electron chi connectivity index (χ4n) is 6.12. The lowest BCUT2D eigenvalue weighted by molar-refractivity contribution is -0.255. The number of rotatable bonds is 2. The van der Waals surface area contributed by atoms with E-state index in [-0.39, 0.29) is 5.92 Å². The number of hydrogen-bond acceptors (Lipinski definition) is 3. The van der Waals surface area contributed by atoms with Crippen LogP contribution in [0.4, 0.5) is 5.69 Å². The Morgan fingerprint density at radius 1 is 0.964 bits per heavy atom. The van der Waals surface area contributed by atoms with Crippen LogP contribution in [0.15, 0.2) is 66.8 Å². The molecular formula is C25H22NO2-. The maximum Gasteiger partial charge on any atom is 0.0715 e. The predicted octanol–water partition coefficient (Wildman–Crippen LogP) is 3.94. The maximum absolute atomic E-state index is 11.8. The zero-order valence-electron chi connectivity index (χ0n) is 15.6. The summed E-state index contributed by atoms with van der Waals surface area (Å²) in [7, 11) is 0. The second-order valence-corrected chi connectivity index (χ2v) is 8.60. The van der Waals surface area contributed by atoms with Crippen LogP contribution >= 0.6 is 0 Å². The van der Waals surface area contributed by atoms with Crippen molar-refractivity contribution < 1.29 is 9.90 Å². The zero-order chi connectivity index (χ0) is 18.8. The van der Waals surface area contributed by atoms with E-state index in [1.165, 1.54) is 22.4 Å². The molecule has 0 saturated carbocycles. The maximum atomic E-state index is 11.8. The Hall–Kier alpha value is -2.81. The van der Waals surface area contributed by atoms with Gasteiger partial charge in [0.15, 0.2) is 0 Å². The van der Waals surface area contributed by atoms with Gasteiger partial charge in [-0.05, 0) is 59.1 Å². The van der Waals surface area contributed by atoms with Gasteiger partial charge in [-0.1, -0.05) is 54.6 Å². The quantitative estimate of drug-likeness (QED) is 0.754. The molecule has 2 aromatic carbocycles. The van der Waals surface area contributed by atoms with Gasteiger partial charge in [-0.2, -0.15) is 0 Å². The molecule has 4 aliphatic rings. The molecule has 0 fully saturated rings. The van der Waals surface area contributed by atoms with E-state index in [0.717, 1.165) is 19.4 Å². The molecule has 0 saturated heterocycles. The number of allylic oxidation sites excluding steroid dienone is 4. The molecular weight excluding hydrogens is 346 g/mol. The molecule has 3 heteroatoms. The molecule has 2 aliphatic carbocycles. The smallest absolute Gasteiger partial charge is 0.0715 e. The molecule has 0 unspecified atom stereocenters. The molecule has 0 spiro atoms. The minimum atomic E-state index is -1.07. The molecule has 5 atom stereocenters. The molecule has 2 aromatic rings. The fraction of sp³-hybridized carbons (Fsp3) is 0.320. The third-order valence-corrected chi connectivity index (χ3v) is 7.23. The van der Waals surface area contributed by atoms with Crippen molar-refractivity contribution in [1.82, 2.24) is 0 Å². The molecule has 0 bridgehead atoms. The normalized spacial score (nSPS) is 31.4. The van der Waals surface area contributed by atoms with Crippen molar-refractivity contribution in [2.24, 2.45) is 11.8 Å². The van der Waals surface area contributed by atoms with E-state index < -0.39 is 5.97 Å². The topological polar surface area (TPSA) is 43.4 Å². The van der Waals surface area contributed by atoms with E-state index in [1.54, 1.807) is 0 Å². The van der Waals surface area contributed by atoms with Gasteiger partial charge in [0.2, 0.25) is 0 Å². The third kappa shape index (κ3) is 2.13. The molecule has 140 valence electrons. The molecule has 3 nitrogen and oxygen atoms in total. The Kier molecular flexibility index (Phi) is 3.37. The van der Waals surface area contributed by atoms with Crippen LogP contribution in [0.25, 0.3) is 0 Å². The first kappa shape index (κ1) is 16.2. The molecule has 0 N–H and O–H groups in total. The van der Waals surface area contributed by atoms with Crippen molar-refractivity contribution in [3.63, 3.8) is 0 Å². The van der Waals surface area contributed by atoms with Gasteiger partial charge in [0.25, 0.3) is 0 Å². The van der Waals surface area contributed by atoms with Crippen LogP contribution in [0.5, 0.6) is 0 Å². The highest BCUT2D eigenvalue weighted by Crippen LogP contribution is 2.58. The Bertz CT molecular complexity index is 1010. The van der Waals surface area contributed by atoms with E-state index in [9.17, 15) is 9.90 Å². The minimum absolute atomic E-state index is 0.274. The largest absolute Gasteiger partial charge is 0.545 e. The van der Waals surface area contributed by atoms with Crippen LogP contribution < -0.4 is 10.0 Å². The summed E-state index contributed by atoms with van der Waals surface area (Å²) in [5.41, 5.74) is 5.33. The highest BCUT2D eigenvalue weighted by molar-refractivity contribution is 5.89. The Labute approximate surface area is 165 Å².